The van der Waals surface area contributed by atoms with Gasteiger partial charge in [0.1, 0.15) is 5.69 Å². The second-order valence-electron chi connectivity index (χ2n) is 7.64. The molecule has 2 saturated heterocycles. The molecule has 7 nitrogen and oxygen atoms in total. The highest BCUT2D eigenvalue weighted by Crippen LogP contribution is 2.31. The summed E-state index contributed by atoms with van der Waals surface area (Å²) in [5.74, 6) is -0.238. The Hall–Kier alpha value is -2.15. The molecule has 1 atom stereocenters. The van der Waals surface area contributed by atoms with Gasteiger partial charge in [-0.2, -0.15) is 0 Å². The maximum absolute atomic E-state index is 12.4. The Bertz CT molecular complexity index is 673. The lowest BCUT2D eigenvalue weighted by atomic mass is 10.0. The topological polar surface area (TPSA) is 78.7 Å². The van der Waals surface area contributed by atoms with E-state index in [0.717, 1.165) is 45.4 Å². The molecule has 0 spiro atoms. The summed E-state index contributed by atoms with van der Waals surface area (Å²) in [6, 6.07) is 5.45. The van der Waals surface area contributed by atoms with Crippen LogP contribution < -0.4 is 10.2 Å². The van der Waals surface area contributed by atoms with Crippen LogP contribution in [0.1, 0.15) is 55.8 Å². The molecule has 1 unspecified atom stereocenters. The molecule has 0 saturated carbocycles. The number of piperidine rings is 1. The van der Waals surface area contributed by atoms with Crippen LogP contribution in [0, 0.1) is 10.1 Å². The molecule has 0 radical (unpaired) electrons. The van der Waals surface area contributed by atoms with Crippen molar-refractivity contribution in [1.82, 2.24) is 10.2 Å². The Kier molecular flexibility index (Phi) is 6.66. The van der Waals surface area contributed by atoms with Crippen molar-refractivity contribution >= 4 is 17.3 Å². The third kappa shape index (κ3) is 4.97. The van der Waals surface area contributed by atoms with E-state index in [-0.39, 0.29) is 16.5 Å². The zero-order valence-electron chi connectivity index (χ0n) is 16.2. The Morgan fingerprint density at radius 1 is 1.22 bits per heavy atom. The molecular weight excluding hydrogens is 344 g/mol. The van der Waals surface area contributed by atoms with Crippen molar-refractivity contribution < 1.29 is 9.72 Å². The highest BCUT2D eigenvalue weighted by Gasteiger charge is 2.24. The van der Waals surface area contributed by atoms with Crippen molar-refractivity contribution in [2.75, 3.05) is 37.6 Å². The van der Waals surface area contributed by atoms with Gasteiger partial charge in [0.2, 0.25) is 0 Å². The Morgan fingerprint density at radius 2 is 1.96 bits per heavy atom. The summed E-state index contributed by atoms with van der Waals surface area (Å²) < 4.78 is 0. The molecule has 1 amide bonds. The second-order valence-corrected chi connectivity index (χ2v) is 7.64. The van der Waals surface area contributed by atoms with Crippen LogP contribution in [-0.2, 0) is 0 Å². The SMILES string of the molecule is CC1CCCCN1CCCNC(=O)c1ccc(N2CCCC2)c([N+](=O)[O-])c1. The number of hydrogen-bond donors (Lipinski definition) is 1. The summed E-state index contributed by atoms with van der Waals surface area (Å²) in [6.45, 7) is 6.64. The van der Waals surface area contributed by atoms with E-state index in [0.29, 0.717) is 23.8 Å². The molecule has 148 valence electrons. The minimum atomic E-state index is -0.387. The number of nitrogens with one attached hydrogen (secondary N) is 1. The third-order valence-electron chi connectivity index (χ3n) is 5.73. The highest BCUT2D eigenvalue weighted by molar-refractivity contribution is 5.95. The summed E-state index contributed by atoms with van der Waals surface area (Å²) in [7, 11) is 0. The van der Waals surface area contributed by atoms with Crippen LogP contribution >= 0.6 is 0 Å². The van der Waals surface area contributed by atoms with Crippen LogP contribution in [0.4, 0.5) is 11.4 Å². The first-order chi connectivity index (χ1) is 13.1. The van der Waals surface area contributed by atoms with E-state index in [2.05, 4.69) is 17.1 Å². The van der Waals surface area contributed by atoms with Gasteiger partial charge in [-0.1, -0.05) is 6.42 Å². The zero-order chi connectivity index (χ0) is 19.2. The van der Waals surface area contributed by atoms with E-state index in [1.54, 1.807) is 12.1 Å². The molecule has 2 aliphatic rings. The number of nitro benzene ring substituents is 1. The van der Waals surface area contributed by atoms with Crippen LogP contribution in [0.2, 0.25) is 0 Å². The van der Waals surface area contributed by atoms with E-state index < -0.39 is 0 Å². The first kappa shape index (κ1) is 19.6. The maximum Gasteiger partial charge on any atom is 0.293 e. The average Bonchev–Trinajstić information content (AvgIpc) is 3.20. The van der Waals surface area contributed by atoms with Crippen molar-refractivity contribution in [3.63, 3.8) is 0 Å². The molecule has 2 heterocycles. The average molecular weight is 374 g/mol. The fourth-order valence-electron chi connectivity index (χ4n) is 4.11. The minimum absolute atomic E-state index is 0.0201. The number of rotatable bonds is 7. The van der Waals surface area contributed by atoms with Crippen molar-refractivity contribution in [3.8, 4) is 0 Å². The van der Waals surface area contributed by atoms with E-state index in [9.17, 15) is 14.9 Å². The standard InChI is InChI=1S/C20H30N4O3/c1-16-7-2-3-11-22(16)14-6-10-21-20(25)17-8-9-18(19(15-17)24(26)27)23-12-4-5-13-23/h8-9,15-16H,2-7,10-14H2,1H3,(H,21,25). The Labute approximate surface area is 160 Å². The van der Waals surface area contributed by atoms with Crippen molar-refractivity contribution in [2.45, 2.75) is 51.5 Å². The molecule has 3 rings (SSSR count). The van der Waals surface area contributed by atoms with E-state index >= 15 is 0 Å². The number of benzene rings is 1. The summed E-state index contributed by atoms with van der Waals surface area (Å²) in [5, 5.41) is 14.4. The lowest BCUT2D eigenvalue weighted by Crippen LogP contribution is -2.39. The van der Waals surface area contributed by atoms with Gasteiger partial charge >= 0.3 is 0 Å². The van der Waals surface area contributed by atoms with Gasteiger partial charge in [0.15, 0.2) is 0 Å². The van der Waals surface area contributed by atoms with Gasteiger partial charge in [-0.05, 0) is 57.7 Å². The first-order valence-electron chi connectivity index (χ1n) is 10.1. The molecule has 27 heavy (non-hydrogen) atoms. The Balaban J connectivity index is 1.54. The van der Waals surface area contributed by atoms with Crippen LogP contribution in [-0.4, -0.2) is 54.5 Å². The first-order valence-corrected chi connectivity index (χ1v) is 10.1. The van der Waals surface area contributed by atoms with Crippen LogP contribution in [0.5, 0.6) is 0 Å². The summed E-state index contributed by atoms with van der Waals surface area (Å²) >= 11 is 0. The largest absolute Gasteiger partial charge is 0.366 e. The molecule has 2 aliphatic heterocycles. The number of likely N-dealkylation sites (tertiary alicyclic amines) is 1. The summed E-state index contributed by atoms with van der Waals surface area (Å²) in [6.07, 6.45) is 6.80. The number of anilines is 1. The zero-order valence-corrected chi connectivity index (χ0v) is 16.2. The minimum Gasteiger partial charge on any atom is -0.366 e. The van der Waals surface area contributed by atoms with Gasteiger partial charge in [-0.3, -0.25) is 14.9 Å². The predicted molar refractivity (Wildman–Crippen MR) is 106 cm³/mol. The van der Waals surface area contributed by atoms with Crippen molar-refractivity contribution in [1.29, 1.82) is 0 Å². The fourth-order valence-corrected chi connectivity index (χ4v) is 4.11. The fraction of sp³-hybridized carbons (Fsp3) is 0.650. The van der Waals surface area contributed by atoms with Crippen LogP contribution in [0.25, 0.3) is 0 Å². The van der Waals surface area contributed by atoms with Gasteiger partial charge in [-0.15, -0.1) is 0 Å². The van der Waals surface area contributed by atoms with Gasteiger partial charge in [0, 0.05) is 43.9 Å². The molecule has 2 fully saturated rings. The monoisotopic (exact) mass is 374 g/mol. The lowest BCUT2D eigenvalue weighted by molar-refractivity contribution is -0.384. The van der Waals surface area contributed by atoms with Gasteiger partial charge < -0.3 is 15.1 Å². The number of nitro groups is 1. The predicted octanol–water partition coefficient (Wildman–Crippen LogP) is 3.19. The molecule has 1 aromatic carbocycles. The van der Waals surface area contributed by atoms with Crippen LogP contribution in [0.3, 0.4) is 0 Å². The van der Waals surface area contributed by atoms with Gasteiger partial charge in [0.05, 0.1) is 4.92 Å². The summed E-state index contributed by atoms with van der Waals surface area (Å²) in [4.78, 5) is 28.0. The van der Waals surface area contributed by atoms with Gasteiger partial charge in [0.25, 0.3) is 11.6 Å². The molecule has 1 N–H and O–H groups in total. The molecule has 0 aromatic heterocycles. The Morgan fingerprint density at radius 3 is 2.67 bits per heavy atom. The van der Waals surface area contributed by atoms with E-state index in [1.807, 2.05) is 4.90 Å². The van der Waals surface area contributed by atoms with E-state index in [4.69, 9.17) is 0 Å². The van der Waals surface area contributed by atoms with Crippen molar-refractivity contribution in [3.05, 3.63) is 33.9 Å². The van der Waals surface area contributed by atoms with Crippen LogP contribution in [0.15, 0.2) is 18.2 Å². The number of nitrogens with zero attached hydrogens (tertiary/aromatic N) is 3. The molecule has 0 aliphatic carbocycles. The number of hydrogen-bond acceptors (Lipinski definition) is 5. The smallest absolute Gasteiger partial charge is 0.293 e. The maximum atomic E-state index is 12.4. The molecule has 1 aromatic rings. The lowest BCUT2D eigenvalue weighted by Gasteiger charge is -2.33. The van der Waals surface area contributed by atoms with Crippen molar-refractivity contribution in [2.24, 2.45) is 0 Å². The second kappa shape index (κ2) is 9.17. The number of amides is 1. The van der Waals surface area contributed by atoms with Gasteiger partial charge in [-0.25, -0.2) is 0 Å². The number of carbonyl (C=O) groups is 1. The highest BCUT2D eigenvalue weighted by atomic mass is 16.6. The quantitative estimate of drug-likeness (QED) is 0.450. The summed E-state index contributed by atoms with van der Waals surface area (Å²) in [5.41, 5.74) is 0.996. The normalized spacial score (nSPS) is 20.6. The van der Waals surface area contributed by atoms with E-state index in [1.165, 1.54) is 25.3 Å². The molecule has 7 heteroatoms. The number of carbonyl (C=O) groups excluding carboxylic acids is 1. The molecule has 0 bridgehead atoms. The third-order valence-corrected chi connectivity index (χ3v) is 5.73. The molecular formula is C20H30N4O3.